The Balaban J connectivity index is 1.89. The van der Waals surface area contributed by atoms with Crippen LogP contribution in [0.25, 0.3) is 11.0 Å². The van der Waals surface area contributed by atoms with E-state index < -0.39 is 0 Å². The first-order valence-electron chi connectivity index (χ1n) is 8.31. The van der Waals surface area contributed by atoms with Gasteiger partial charge in [0.25, 0.3) is 5.91 Å². The average molecular weight is 297 g/mol. The van der Waals surface area contributed by atoms with E-state index in [2.05, 4.69) is 24.1 Å². The molecule has 1 aliphatic rings. The molecule has 0 atom stereocenters. The van der Waals surface area contributed by atoms with Crippen molar-refractivity contribution in [2.24, 2.45) is 0 Å². The van der Waals surface area contributed by atoms with Gasteiger partial charge < -0.3 is 5.32 Å². The van der Waals surface area contributed by atoms with Crippen molar-refractivity contribution >= 4 is 16.9 Å². The normalized spacial score (nSPS) is 15.4. The van der Waals surface area contributed by atoms with Crippen molar-refractivity contribution in [3.63, 3.8) is 0 Å². The monoisotopic (exact) mass is 297 g/mol. The molecule has 0 spiro atoms. The lowest BCUT2D eigenvalue weighted by Gasteiger charge is -2.12. The van der Waals surface area contributed by atoms with Gasteiger partial charge in [-0.25, -0.2) is 9.97 Å². The van der Waals surface area contributed by atoms with E-state index in [0.717, 1.165) is 48.1 Å². The van der Waals surface area contributed by atoms with Crippen molar-refractivity contribution in [3.05, 3.63) is 35.2 Å². The fourth-order valence-corrected chi connectivity index (χ4v) is 3.17. The predicted octanol–water partition coefficient (Wildman–Crippen LogP) is 3.43. The zero-order chi connectivity index (χ0) is 15.5. The minimum atomic E-state index is 0.00761. The summed E-state index contributed by atoms with van der Waals surface area (Å²) < 4.78 is 0. The second-order valence-corrected chi connectivity index (χ2v) is 5.98. The summed E-state index contributed by atoms with van der Waals surface area (Å²) in [6.45, 7) is 4.18. The molecular weight excluding hydrogens is 274 g/mol. The number of fused-ring (bicyclic) bond motifs is 1. The highest BCUT2D eigenvalue weighted by atomic mass is 16.1. The summed E-state index contributed by atoms with van der Waals surface area (Å²) in [5, 5.41) is 3.12. The van der Waals surface area contributed by atoms with Crippen LogP contribution < -0.4 is 5.32 Å². The van der Waals surface area contributed by atoms with Crippen LogP contribution in [0.15, 0.2) is 18.2 Å². The van der Waals surface area contributed by atoms with Crippen LogP contribution in [0.2, 0.25) is 0 Å². The summed E-state index contributed by atoms with van der Waals surface area (Å²) in [6.07, 6.45) is 6.38. The summed E-state index contributed by atoms with van der Waals surface area (Å²) in [6, 6.07) is 5.96. The molecule has 1 aromatic carbocycles. The van der Waals surface area contributed by atoms with Crippen molar-refractivity contribution in [1.29, 1.82) is 0 Å². The number of benzene rings is 1. The van der Waals surface area contributed by atoms with E-state index in [1.807, 2.05) is 18.2 Å². The number of nitrogens with zero attached hydrogens (tertiary/aromatic N) is 2. The molecule has 1 heterocycles. The van der Waals surface area contributed by atoms with Crippen LogP contribution in [0.1, 0.15) is 61.3 Å². The van der Waals surface area contributed by atoms with Crippen LogP contribution in [0.5, 0.6) is 0 Å². The van der Waals surface area contributed by atoms with Crippen LogP contribution in [-0.2, 0) is 12.8 Å². The number of hydrogen-bond donors (Lipinski definition) is 1. The number of rotatable bonds is 4. The van der Waals surface area contributed by atoms with Crippen LogP contribution in [-0.4, -0.2) is 21.9 Å². The maximum absolute atomic E-state index is 12.4. The molecule has 3 rings (SSSR count). The quantitative estimate of drug-likeness (QED) is 0.940. The zero-order valence-electron chi connectivity index (χ0n) is 13.4. The highest BCUT2D eigenvalue weighted by molar-refractivity contribution is 5.97. The lowest BCUT2D eigenvalue weighted by Crippen LogP contribution is -2.32. The summed E-state index contributed by atoms with van der Waals surface area (Å²) in [4.78, 5) is 21.7. The summed E-state index contributed by atoms with van der Waals surface area (Å²) in [5.74, 6) is 0.00761. The van der Waals surface area contributed by atoms with Gasteiger partial charge in [-0.15, -0.1) is 0 Å². The number of nitrogens with one attached hydrogen (secondary N) is 1. The SMILES string of the molecule is CCc1nc2ccc(C(=O)NC3CCCC3)cc2nc1CC. The minimum Gasteiger partial charge on any atom is -0.349 e. The standard InChI is InChI=1S/C18H23N3O/c1-3-14-15(4-2)21-17-11-12(9-10-16(17)20-14)18(22)19-13-7-5-6-8-13/h9-11,13H,3-8H2,1-2H3,(H,19,22). The van der Waals surface area contributed by atoms with Gasteiger partial charge in [0.2, 0.25) is 0 Å². The molecule has 0 unspecified atom stereocenters. The predicted molar refractivity (Wildman–Crippen MR) is 88.0 cm³/mol. The largest absolute Gasteiger partial charge is 0.349 e. The summed E-state index contributed by atoms with van der Waals surface area (Å²) in [5.41, 5.74) is 4.45. The van der Waals surface area contributed by atoms with Gasteiger partial charge in [-0.1, -0.05) is 26.7 Å². The molecule has 4 heteroatoms. The van der Waals surface area contributed by atoms with Gasteiger partial charge in [-0.05, 0) is 43.9 Å². The molecule has 1 N–H and O–H groups in total. The lowest BCUT2D eigenvalue weighted by atomic mass is 10.1. The summed E-state index contributed by atoms with van der Waals surface area (Å²) in [7, 11) is 0. The minimum absolute atomic E-state index is 0.00761. The Morgan fingerprint density at radius 2 is 1.73 bits per heavy atom. The third kappa shape index (κ3) is 2.96. The van der Waals surface area contributed by atoms with Crippen LogP contribution in [0.3, 0.4) is 0 Å². The average Bonchev–Trinajstić information content (AvgIpc) is 3.05. The smallest absolute Gasteiger partial charge is 0.251 e. The molecule has 1 amide bonds. The molecule has 0 saturated heterocycles. The third-order valence-corrected chi connectivity index (χ3v) is 4.44. The van der Waals surface area contributed by atoms with E-state index >= 15 is 0 Å². The van der Waals surface area contributed by atoms with Gasteiger partial charge >= 0.3 is 0 Å². The number of aromatic nitrogens is 2. The first-order chi connectivity index (χ1) is 10.7. The van der Waals surface area contributed by atoms with Crippen molar-refractivity contribution in [2.75, 3.05) is 0 Å². The molecule has 0 bridgehead atoms. The Labute approximate surface area is 131 Å². The summed E-state index contributed by atoms with van der Waals surface area (Å²) >= 11 is 0. The topological polar surface area (TPSA) is 54.9 Å². The molecule has 2 aromatic rings. The Bertz CT molecular complexity index is 690. The fraction of sp³-hybridized carbons (Fsp3) is 0.500. The van der Waals surface area contributed by atoms with E-state index in [4.69, 9.17) is 4.98 Å². The van der Waals surface area contributed by atoms with Crippen molar-refractivity contribution in [1.82, 2.24) is 15.3 Å². The highest BCUT2D eigenvalue weighted by Gasteiger charge is 2.18. The van der Waals surface area contributed by atoms with Gasteiger partial charge in [0.1, 0.15) is 0 Å². The van der Waals surface area contributed by atoms with Gasteiger partial charge in [0, 0.05) is 11.6 Å². The Kier molecular flexibility index (Phi) is 4.36. The molecule has 22 heavy (non-hydrogen) atoms. The van der Waals surface area contributed by atoms with Gasteiger partial charge in [0.15, 0.2) is 0 Å². The first-order valence-corrected chi connectivity index (χ1v) is 8.31. The first kappa shape index (κ1) is 14.9. The zero-order valence-corrected chi connectivity index (χ0v) is 13.4. The Morgan fingerprint density at radius 3 is 2.36 bits per heavy atom. The van der Waals surface area contributed by atoms with Crippen molar-refractivity contribution in [3.8, 4) is 0 Å². The molecule has 1 aliphatic carbocycles. The maximum Gasteiger partial charge on any atom is 0.251 e. The Morgan fingerprint density at radius 1 is 1.09 bits per heavy atom. The third-order valence-electron chi connectivity index (χ3n) is 4.44. The lowest BCUT2D eigenvalue weighted by molar-refractivity contribution is 0.0938. The maximum atomic E-state index is 12.4. The van der Waals surface area contributed by atoms with Crippen molar-refractivity contribution in [2.45, 2.75) is 58.4 Å². The van der Waals surface area contributed by atoms with E-state index in [-0.39, 0.29) is 5.91 Å². The fourth-order valence-electron chi connectivity index (χ4n) is 3.17. The number of carbonyl (C=O) groups is 1. The molecular formula is C18H23N3O. The van der Waals surface area contributed by atoms with E-state index in [1.165, 1.54) is 12.8 Å². The molecule has 0 aliphatic heterocycles. The van der Waals surface area contributed by atoms with Crippen LogP contribution in [0, 0.1) is 0 Å². The van der Waals surface area contributed by atoms with E-state index in [0.29, 0.717) is 11.6 Å². The van der Waals surface area contributed by atoms with Crippen LogP contribution >= 0.6 is 0 Å². The highest BCUT2D eigenvalue weighted by Crippen LogP contribution is 2.19. The van der Waals surface area contributed by atoms with Gasteiger partial charge in [-0.3, -0.25) is 4.79 Å². The molecule has 4 nitrogen and oxygen atoms in total. The van der Waals surface area contributed by atoms with Gasteiger partial charge in [-0.2, -0.15) is 0 Å². The Hall–Kier alpha value is -1.97. The molecule has 1 aromatic heterocycles. The van der Waals surface area contributed by atoms with Crippen molar-refractivity contribution < 1.29 is 4.79 Å². The molecule has 116 valence electrons. The number of aryl methyl sites for hydroxylation is 2. The second-order valence-electron chi connectivity index (χ2n) is 5.98. The molecule has 1 saturated carbocycles. The second kappa shape index (κ2) is 6.42. The number of hydrogen-bond acceptors (Lipinski definition) is 3. The van der Waals surface area contributed by atoms with Gasteiger partial charge in [0.05, 0.1) is 22.4 Å². The number of amides is 1. The molecule has 0 radical (unpaired) electrons. The van der Waals surface area contributed by atoms with Crippen LogP contribution in [0.4, 0.5) is 0 Å². The number of carbonyl (C=O) groups excluding carboxylic acids is 1. The van der Waals surface area contributed by atoms with E-state index in [9.17, 15) is 4.79 Å². The van der Waals surface area contributed by atoms with E-state index in [1.54, 1.807) is 0 Å². The molecule has 1 fully saturated rings.